The lowest BCUT2D eigenvalue weighted by Crippen LogP contribution is -2.54. The maximum atomic E-state index is 12.1. The van der Waals surface area contributed by atoms with Crippen molar-refractivity contribution >= 4 is 40.7 Å². The average molecular weight is 352 g/mol. The van der Waals surface area contributed by atoms with Crippen molar-refractivity contribution in [2.45, 2.75) is 28.9 Å². The Balaban J connectivity index is 1.94. The highest BCUT2D eigenvalue weighted by Gasteiger charge is 2.34. The Morgan fingerprint density at radius 1 is 1.33 bits per heavy atom. The molecule has 1 aliphatic rings. The molecule has 7 heteroatoms. The maximum Gasteiger partial charge on any atom is 0.252 e. The van der Waals surface area contributed by atoms with Crippen LogP contribution in [0.1, 0.15) is 23.2 Å². The summed E-state index contributed by atoms with van der Waals surface area (Å²) >= 11 is 17.8. The lowest BCUT2D eigenvalue weighted by molar-refractivity contribution is 0.0897. The van der Waals surface area contributed by atoms with E-state index in [1.165, 1.54) is 0 Å². The molecule has 1 aromatic rings. The van der Waals surface area contributed by atoms with Crippen LogP contribution < -0.4 is 10.6 Å². The molecule has 21 heavy (non-hydrogen) atoms. The minimum atomic E-state index is -1.65. The topological polar surface area (TPSA) is 50.4 Å². The Hall–Kier alpha value is -0.520. The van der Waals surface area contributed by atoms with E-state index < -0.39 is 9.96 Å². The van der Waals surface area contributed by atoms with Crippen molar-refractivity contribution in [1.82, 2.24) is 10.6 Å². The third-order valence-corrected chi connectivity index (χ3v) is 3.87. The number of rotatable bonds is 5. The number of carbonyl (C=O) groups excluding carboxylic acids is 1. The summed E-state index contributed by atoms with van der Waals surface area (Å²) in [4.78, 5) is 12.1. The van der Waals surface area contributed by atoms with E-state index in [4.69, 9.17) is 39.5 Å². The van der Waals surface area contributed by atoms with E-state index in [0.29, 0.717) is 12.1 Å². The van der Waals surface area contributed by atoms with Gasteiger partial charge < -0.3 is 10.1 Å². The molecule has 116 valence electrons. The number of halogens is 3. The predicted octanol–water partition coefficient (Wildman–Crippen LogP) is 2.88. The Bertz CT molecular complexity index is 459. The zero-order valence-corrected chi connectivity index (χ0v) is 13.6. The zero-order chi connectivity index (χ0) is 15.3. The first-order valence-electron chi connectivity index (χ1n) is 6.74. The van der Waals surface area contributed by atoms with Gasteiger partial charge in [-0.05, 0) is 25.0 Å². The fourth-order valence-electron chi connectivity index (χ4n) is 2.11. The van der Waals surface area contributed by atoms with Crippen molar-refractivity contribution < 1.29 is 9.53 Å². The SMILES string of the molecule is O=C(N[C@H](NC[C@H]1CCCO1)C(Cl)(Cl)Cl)c1ccccc1. The van der Waals surface area contributed by atoms with Gasteiger partial charge >= 0.3 is 0 Å². The molecular formula is C14H17Cl3N2O2. The summed E-state index contributed by atoms with van der Waals surface area (Å²) in [7, 11) is 0. The number of benzene rings is 1. The normalized spacial score (nSPS) is 20.2. The predicted molar refractivity (Wildman–Crippen MR) is 85.0 cm³/mol. The lowest BCUT2D eigenvalue weighted by Gasteiger charge is -2.27. The van der Waals surface area contributed by atoms with Crippen molar-refractivity contribution in [3.05, 3.63) is 35.9 Å². The Morgan fingerprint density at radius 2 is 2.05 bits per heavy atom. The summed E-state index contributed by atoms with van der Waals surface area (Å²) in [6.07, 6.45) is 1.29. The van der Waals surface area contributed by atoms with Gasteiger partial charge in [-0.1, -0.05) is 53.0 Å². The number of hydrogen-bond donors (Lipinski definition) is 2. The first-order chi connectivity index (χ1) is 9.97. The standard InChI is InChI=1S/C14H17Cl3N2O2/c15-14(16,17)13(18-9-11-7-4-8-21-11)19-12(20)10-5-2-1-3-6-10/h1-3,5-6,11,13,18H,4,7-9H2,(H,19,20)/t11-,13+/m1/s1. The monoisotopic (exact) mass is 350 g/mol. The summed E-state index contributed by atoms with van der Waals surface area (Å²) in [5.74, 6) is -0.299. The Labute approximate surface area is 139 Å². The molecule has 2 atom stereocenters. The second-order valence-electron chi connectivity index (χ2n) is 4.86. The second-order valence-corrected chi connectivity index (χ2v) is 7.23. The molecule has 1 amide bonds. The van der Waals surface area contributed by atoms with Gasteiger partial charge in [-0.2, -0.15) is 0 Å². The lowest BCUT2D eigenvalue weighted by atomic mass is 10.2. The van der Waals surface area contributed by atoms with Gasteiger partial charge in [0, 0.05) is 18.7 Å². The molecule has 0 saturated carbocycles. The van der Waals surface area contributed by atoms with Crippen LogP contribution in [0.5, 0.6) is 0 Å². The van der Waals surface area contributed by atoms with Crippen LogP contribution >= 0.6 is 34.8 Å². The number of carbonyl (C=O) groups is 1. The van der Waals surface area contributed by atoms with E-state index in [-0.39, 0.29) is 12.0 Å². The molecule has 0 aromatic heterocycles. The summed E-state index contributed by atoms with van der Waals surface area (Å²) < 4.78 is 3.85. The molecule has 4 nitrogen and oxygen atoms in total. The second kappa shape index (κ2) is 7.65. The van der Waals surface area contributed by atoms with Gasteiger partial charge in [0.05, 0.1) is 6.10 Å². The smallest absolute Gasteiger partial charge is 0.252 e. The van der Waals surface area contributed by atoms with Gasteiger partial charge in [-0.3, -0.25) is 10.1 Å². The molecule has 0 aliphatic carbocycles. The van der Waals surface area contributed by atoms with Crippen molar-refractivity contribution in [2.24, 2.45) is 0 Å². The van der Waals surface area contributed by atoms with Crippen molar-refractivity contribution in [1.29, 1.82) is 0 Å². The van der Waals surface area contributed by atoms with Crippen LogP contribution in [0.2, 0.25) is 0 Å². The summed E-state index contributed by atoms with van der Waals surface area (Å²) in [5, 5.41) is 5.75. The number of nitrogens with one attached hydrogen (secondary N) is 2. The molecule has 0 spiro atoms. The van der Waals surface area contributed by atoms with Gasteiger partial charge in [-0.25, -0.2) is 0 Å². The van der Waals surface area contributed by atoms with Crippen LogP contribution in [-0.4, -0.2) is 35.1 Å². The van der Waals surface area contributed by atoms with Crippen LogP contribution in [-0.2, 0) is 4.74 Å². The minimum absolute atomic E-state index is 0.0912. The number of alkyl halides is 3. The maximum absolute atomic E-state index is 12.1. The van der Waals surface area contributed by atoms with E-state index >= 15 is 0 Å². The van der Waals surface area contributed by atoms with Gasteiger partial charge in [0.15, 0.2) is 0 Å². The molecule has 1 aromatic carbocycles. The highest BCUT2D eigenvalue weighted by Crippen LogP contribution is 2.29. The molecule has 0 bridgehead atoms. The molecule has 1 saturated heterocycles. The number of hydrogen-bond acceptors (Lipinski definition) is 3. The highest BCUT2D eigenvalue weighted by atomic mass is 35.6. The number of amides is 1. The van der Waals surface area contributed by atoms with E-state index in [1.807, 2.05) is 6.07 Å². The summed E-state index contributed by atoms with van der Waals surface area (Å²) in [5.41, 5.74) is 0.510. The van der Waals surface area contributed by atoms with E-state index in [1.54, 1.807) is 24.3 Å². The Morgan fingerprint density at radius 3 is 2.62 bits per heavy atom. The molecule has 2 rings (SSSR count). The Kier molecular flexibility index (Phi) is 6.14. The van der Waals surface area contributed by atoms with Crippen molar-refractivity contribution in [2.75, 3.05) is 13.2 Å². The fraction of sp³-hybridized carbons (Fsp3) is 0.500. The first kappa shape index (κ1) is 16.8. The first-order valence-corrected chi connectivity index (χ1v) is 7.88. The van der Waals surface area contributed by atoms with Gasteiger partial charge in [-0.15, -0.1) is 0 Å². The van der Waals surface area contributed by atoms with Gasteiger partial charge in [0.1, 0.15) is 6.17 Å². The average Bonchev–Trinajstić information content (AvgIpc) is 2.96. The van der Waals surface area contributed by atoms with Crippen LogP contribution in [0.3, 0.4) is 0 Å². The largest absolute Gasteiger partial charge is 0.377 e. The highest BCUT2D eigenvalue weighted by molar-refractivity contribution is 6.68. The summed E-state index contributed by atoms with van der Waals surface area (Å²) in [6.45, 7) is 1.27. The molecule has 0 radical (unpaired) electrons. The fourth-order valence-corrected chi connectivity index (χ4v) is 2.50. The van der Waals surface area contributed by atoms with Crippen LogP contribution in [0, 0.1) is 0 Å². The van der Waals surface area contributed by atoms with Gasteiger partial charge in [0.25, 0.3) is 5.91 Å². The van der Waals surface area contributed by atoms with Crippen molar-refractivity contribution in [3.8, 4) is 0 Å². The summed E-state index contributed by atoms with van der Waals surface area (Å²) in [6, 6.07) is 8.78. The quantitative estimate of drug-likeness (QED) is 0.633. The molecule has 1 fully saturated rings. The molecule has 1 aliphatic heterocycles. The van der Waals surface area contributed by atoms with Crippen LogP contribution in [0.15, 0.2) is 30.3 Å². The van der Waals surface area contributed by atoms with Gasteiger partial charge in [0.2, 0.25) is 3.79 Å². The third kappa shape index (κ3) is 5.31. The molecule has 2 N–H and O–H groups in total. The van der Waals surface area contributed by atoms with E-state index in [2.05, 4.69) is 10.6 Å². The molecule has 0 unspecified atom stereocenters. The van der Waals surface area contributed by atoms with Crippen LogP contribution in [0.25, 0.3) is 0 Å². The minimum Gasteiger partial charge on any atom is -0.377 e. The molecule has 1 heterocycles. The third-order valence-electron chi connectivity index (χ3n) is 3.21. The zero-order valence-electron chi connectivity index (χ0n) is 11.3. The van der Waals surface area contributed by atoms with Crippen molar-refractivity contribution in [3.63, 3.8) is 0 Å². The van der Waals surface area contributed by atoms with Crippen LogP contribution in [0.4, 0.5) is 0 Å². The molecular weight excluding hydrogens is 335 g/mol. The van der Waals surface area contributed by atoms with E-state index in [0.717, 1.165) is 19.4 Å². The van der Waals surface area contributed by atoms with E-state index in [9.17, 15) is 4.79 Å². The number of ether oxygens (including phenoxy) is 1.